The Kier molecular flexibility index (Phi) is 3.87. The summed E-state index contributed by atoms with van der Waals surface area (Å²) < 4.78 is 1.67. The molecule has 0 unspecified atom stereocenters. The van der Waals surface area contributed by atoms with Crippen LogP contribution in [0.5, 0.6) is 0 Å². The highest BCUT2D eigenvalue weighted by atomic mass is 16.2. The molecule has 17 heavy (non-hydrogen) atoms. The van der Waals surface area contributed by atoms with Crippen molar-refractivity contribution in [2.45, 2.75) is 39.8 Å². The van der Waals surface area contributed by atoms with Crippen molar-refractivity contribution >= 4 is 5.91 Å². The topological polar surface area (TPSA) is 85.8 Å². The molecule has 1 rings (SSSR count). The van der Waals surface area contributed by atoms with Gasteiger partial charge in [-0.1, -0.05) is 5.21 Å². The molecular weight excluding hydrogens is 218 g/mol. The monoisotopic (exact) mass is 239 g/mol. The van der Waals surface area contributed by atoms with E-state index < -0.39 is 11.0 Å². The van der Waals surface area contributed by atoms with Crippen LogP contribution in [0.1, 0.15) is 27.7 Å². The second-order valence-electron chi connectivity index (χ2n) is 5.27. The van der Waals surface area contributed by atoms with Gasteiger partial charge in [-0.05, 0) is 27.7 Å². The average Bonchev–Trinajstić information content (AvgIpc) is 2.68. The molecule has 0 radical (unpaired) electrons. The summed E-state index contributed by atoms with van der Waals surface area (Å²) in [5.41, 5.74) is 4.81. The highest BCUT2D eigenvalue weighted by Crippen LogP contribution is 2.28. The molecule has 1 aromatic rings. The van der Waals surface area contributed by atoms with Gasteiger partial charge in [0.25, 0.3) is 0 Å². The van der Waals surface area contributed by atoms with E-state index in [-0.39, 0.29) is 5.91 Å². The zero-order chi connectivity index (χ0) is 13.1. The molecular formula is C11H21N5O. The SMILES string of the molecule is CC(C)(N)C(C)(C)C(=O)NCCn1ccnn1. The zero-order valence-corrected chi connectivity index (χ0v) is 10.9. The lowest BCUT2D eigenvalue weighted by Gasteiger charge is -2.36. The van der Waals surface area contributed by atoms with Gasteiger partial charge >= 0.3 is 0 Å². The first-order valence-corrected chi connectivity index (χ1v) is 5.66. The van der Waals surface area contributed by atoms with Gasteiger partial charge in [-0.2, -0.15) is 0 Å². The molecule has 0 fully saturated rings. The maximum absolute atomic E-state index is 12.0. The van der Waals surface area contributed by atoms with Crippen molar-refractivity contribution in [3.8, 4) is 0 Å². The van der Waals surface area contributed by atoms with E-state index in [1.165, 1.54) is 0 Å². The Morgan fingerprint density at radius 2 is 2.06 bits per heavy atom. The summed E-state index contributed by atoms with van der Waals surface area (Å²) in [6, 6.07) is 0. The van der Waals surface area contributed by atoms with Crippen molar-refractivity contribution in [3.63, 3.8) is 0 Å². The first-order valence-electron chi connectivity index (χ1n) is 5.66. The van der Waals surface area contributed by atoms with Gasteiger partial charge < -0.3 is 11.1 Å². The Hall–Kier alpha value is -1.43. The molecule has 1 amide bonds. The molecule has 0 aromatic carbocycles. The van der Waals surface area contributed by atoms with Crippen LogP contribution < -0.4 is 11.1 Å². The third kappa shape index (κ3) is 3.26. The quantitative estimate of drug-likeness (QED) is 0.766. The van der Waals surface area contributed by atoms with Crippen molar-refractivity contribution in [2.24, 2.45) is 11.1 Å². The van der Waals surface area contributed by atoms with Gasteiger partial charge in [0.15, 0.2) is 0 Å². The maximum Gasteiger partial charge on any atom is 0.227 e. The summed E-state index contributed by atoms with van der Waals surface area (Å²) in [5.74, 6) is -0.0508. The minimum Gasteiger partial charge on any atom is -0.354 e. The van der Waals surface area contributed by atoms with E-state index in [4.69, 9.17) is 5.73 Å². The van der Waals surface area contributed by atoms with E-state index in [0.717, 1.165) is 0 Å². The Balaban J connectivity index is 2.45. The van der Waals surface area contributed by atoms with Gasteiger partial charge in [0.05, 0.1) is 18.2 Å². The van der Waals surface area contributed by atoms with Gasteiger partial charge in [0, 0.05) is 18.3 Å². The van der Waals surface area contributed by atoms with Crippen molar-refractivity contribution in [3.05, 3.63) is 12.4 Å². The van der Waals surface area contributed by atoms with E-state index in [1.807, 2.05) is 27.7 Å². The summed E-state index contributed by atoms with van der Waals surface area (Å²) in [5, 5.41) is 10.4. The number of hydrogen-bond acceptors (Lipinski definition) is 4. The van der Waals surface area contributed by atoms with Crippen LogP contribution in [0.3, 0.4) is 0 Å². The smallest absolute Gasteiger partial charge is 0.227 e. The lowest BCUT2D eigenvalue weighted by Crippen LogP contribution is -2.55. The fourth-order valence-electron chi connectivity index (χ4n) is 1.15. The minimum absolute atomic E-state index is 0.0508. The summed E-state index contributed by atoms with van der Waals surface area (Å²) in [7, 11) is 0. The maximum atomic E-state index is 12.0. The molecule has 96 valence electrons. The molecule has 0 saturated heterocycles. The third-order valence-electron chi connectivity index (χ3n) is 3.28. The molecule has 3 N–H and O–H groups in total. The second-order valence-corrected chi connectivity index (χ2v) is 5.27. The van der Waals surface area contributed by atoms with Crippen LogP contribution in [0, 0.1) is 5.41 Å². The molecule has 1 heterocycles. The molecule has 0 atom stereocenters. The number of aromatic nitrogens is 3. The fraction of sp³-hybridized carbons (Fsp3) is 0.727. The van der Waals surface area contributed by atoms with E-state index >= 15 is 0 Å². The summed E-state index contributed by atoms with van der Waals surface area (Å²) in [6.07, 6.45) is 3.36. The van der Waals surface area contributed by atoms with Crippen LogP contribution in [0.15, 0.2) is 12.4 Å². The van der Waals surface area contributed by atoms with Crippen molar-refractivity contribution in [2.75, 3.05) is 6.54 Å². The third-order valence-corrected chi connectivity index (χ3v) is 3.28. The number of carbonyl (C=O) groups is 1. The Morgan fingerprint density at radius 1 is 1.41 bits per heavy atom. The predicted octanol–water partition coefficient (Wildman–Crippen LogP) is 0.158. The van der Waals surface area contributed by atoms with Crippen molar-refractivity contribution in [1.82, 2.24) is 20.3 Å². The summed E-state index contributed by atoms with van der Waals surface area (Å²) in [6.45, 7) is 8.51. The number of amides is 1. The average molecular weight is 239 g/mol. The highest BCUT2D eigenvalue weighted by Gasteiger charge is 2.40. The fourth-order valence-corrected chi connectivity index (χ4v) is 1.15. The standard InChI is InChI=1S/C11H21N5O/c1-10(2,11(3,4)12)9(17)13-5-7-16-8-6-14-15-16/h6,8H,5,7,12H2,1-4H3,(H,13,17). The predicted molar refractivity (Wildman–Crippen MR) is 65.1 cm³/mol. The van der Waals surface area contributed by atoms with Crippen LogP contribution in [-0.2, 0) is 11.3 Å². The number of nitrogens with two attached hydrogens (primary N) is 1. The highest BCUT2D eigenvalue weighted by molar-refractivity contribution is 5.83. The Morgan fingerprint density at radius 3 is 2.53 bits per heavy atom. The number of hydrogen-bond donors (Lipinski definition) is 2. The minimum atomic E-state index is -0.616. The van der Waals surface area contributed by atoms with Gasteiger partial charge in [-0.3, -0.25) is 9.48 Å². The molecule has 6 heteroatoms. The Bertz CT molecular complexity index is 364. The molecule has 0 aliphatic rings. The van der Waals surface area contributed by atoms with E-state index in [1.54, 1.807) is 17.1 Å². The van der Waals surface area contributed by atoms with E-state index in [0.29, 0.717) is 13.1 Å². The first kappa shape index (κ1) is 13.6. The molecule has 0 aliphatic carbocycles. The van der Waals surface area contributed by atoms with Gasteiger partial charge in [-0.25, -0.2) is 0 Å². The summed E-state index contributed by atoms with van der Waals surface area (Å²) >= 11 is 0. The second kappa shape index (κ2) is 4.83. The van der Waals surface area contributed by atoms with Crippen LogP contribution in [-0.4, -0.2) is 33.0 Å². The largest absolute Gasteiger partial charge is 0.354 e. The van der Waals surface area contributed by atoms with Gasteiger partial charge in [0.1, 0.15) is 0 Å². The summed E-state index contributed by atoms with van der Waals surface area (Å²) in [4.78, 5) is 12.0. The number of rotatable bonds is 5. The van der Waals surface area contributed by atoms with Crippen LogP contribution in [0.4, 0.5) is 0 Å². The normalized spacial score (nSPS) is 12.5. The molecule has 0 bridgehead atoms. The van der Waals surface area contributed by atoms with Crippen LogP contribution in [0.2, 0.25) is 0 Å². The number of nitrogens with one attached hydrogen (secondary N) is 1. The van der Waals surface area contributed by atoms with Gasteiger partial charge in [0.2, 0.25) is 5.91 Å². The van der Waals surface area contributed by atoms with E-state index in [9.17, 15) is 4.79 Å². The van der Waals surface area contributed by atoms with Crippen LogP contribution >= 0.6 is 0 Å². The lowest BCUT2D eigenvalue weighted by molar-refractivity contribution is -0.132. The molecule has 1 aromatic heterocycles. The van der Waals surface area contributed by atoms with E-state index in [2.05, 4.69) is 15.6 Å². The number of carbonyl (C=O) groups excluding carboxylic acids is 1. The lowest BCUT2D eigenvalue weighted by atomic mass is 9.74. The molecule has 6 nitrogen and oxygen atoms in total. The van der Waals surface area contributed by atoms with Crippen molar-refractivity contribution < 1.29 is 4.79 Å². The zero-order valence-electron chi connectivity index (χ0n) is 10.9. The Labute approximate surface area is 102 Å². The molecule has 0 saturated carbocycles. The van der Waals surface area contributed by atoms with Crippen LogP contribution in [0.25, 0.3) is 0 Å². The van der Waals surface area contributed by atoms with Gasteiger partial charge in [-0.15, -0.1) is 5.10 Å². The molecule has 0 aliphatic heterocycles. The molecule has 0 spiro atoms. The van der Waals surface area contributed by atoms with Crippen molar-refractivity contribution in [1.29, 1.82) is 0 Å². The first-order chi connectivity index (χ1) is 7.75. The number of nitrogens with zero attached hydrogens (tertiary/aromatic N) is 3.